The van der Waals surface area contributed by atoms with Gasteiger partial charge in [0.15, 0.2) is 0 Å². The molecule has 1 aliphatic heterocycles. The Morgan fingerprint density at radius 2 is 1.89 bits per heavy atom. The average molecular weight is 262 g/mol. The molecular weight excluding hydrogens is 236 g/mol. The Balaban J connectivity index is 2.05. The predicted molar refractivity (Wildman–Crippen MR) is 79.3 cm³/mol. The predicted octanol–water partition coefficient (Wildman–Crippen LogP) is 2.79. The number of benzene rings is 1. The zero-order valence-electron chi connectivity index (χ0n) is 12.2. The number of hydrogen-bond donors (Lipinski definition) is 1. The van der Waals surface area contributed by atoms with Crippen molar-refractivity contribution in [2.45, 2.75) is 44.7 Å². The van der Waals surface area contributed by atoms with E-state index in [0.717, 1.165) is 25.3 Å². The van der Waals surface area contributed by atoms with Crippen LogP contribution in [0, 0.1) is 0 Å². The summed E-state index contributed by atoms with van der Waals surface area (Å²) in [6.07, 6.45) is 6.08. The number of methoxy groups -OCH3 is 1. The van der Waals surface area contributed by atoms with Crippen molar-refractivity contribution in [3.63, 3.8) is 0 Å². The molecular formula is C16H26N2O. The van der Waals surface area contributed by atoms with Crippen molar-refractivity contribution in [2.24, 2.45) is 5.73 Å². The molecule has 1 aromatic rings. The van der Waals surface area contributed by atoms with Crippen molar-refractivity contribution in [1.29, 1.82) is 0 Å². The van der Waals surface area contributed by atoms with Crippen LogP contribution < -0.4 is 10.5 Å². The maximum atomic E-state index is 6.57. The summed E-state index contributed by atoms with van der Waals surface area (Å²) < 4.78 is 5.28. The van der Waals surface area contributed by atoms with Crippen molar-refractivity contribution in [3.8, 4) is 5.75 Å². The normalized spacial score (nSPS) is 20.6. The number of nitrogens with zero attached hydrogens (tertiary/aromatic N) is 1. The molecule has 1 atom stereocenters. The second kappa shape index (κ2) is 6.40. The third-order valence-electron chi connectivity index (χ3n) is 4.02. The maximum Gasteiger partial charge on any atom is 0.119 e. The number of nitrogens with two attached hydrogens (primary N) is 1. The molecule has 3 nitrogen and oxygen atoms in total. The van der Waals surface area contributed by atoms with Crippen LogP contribution in [0.25, 0.3) is 0 Å². The minimum absolute atomic E-state index is 0.267. The topological polar surface area (TPSA) is 38.5 Å². The fraction of sp³-hybridized carbons (Fsp3) is 0.625. The van der Waals surface area contributed by atoms with Gasteiger partial charge < -0.3 is 10.5 Å². The third kappa shape index (κ3) is 3.95. The van der Waals surface area contributed by atoms with E-state index in [9.17, 15) is 0 Å². The van der Waals surface area contributed by atoms with E-state index in [4.69, 9.17) is 10.5 Å². The van der Waals surface area contributed by atoms with Gasteiger partial charge in [-0.15, -0.1) is 0 Å². The molecule has 3 heteroatoms. The summed E-state index contributed by atoms with van der Waals surface area (Å²) in [6.45, 7) is 4.39. The lowest BCUT2D eigenvalue weighted by Gasteiger charge is -2.38. The molecule has 0 spiro atoms. The molecule has 1 fully saturated rings. The highest BCUT2D eigenvalue weighted by atomic mass is 16.5. The maximum absolute atomic E-state index is 6.57. The van der Waals surface area contributed by atoms with Crippen LogP contribution in [-0.2, 0) is 6.42 Å². The molecule has 19 heavy (non-hydrogen) atoms. The standard InChI is InChI=1S/C16H26N2O/c1-16(17,18-10-5-3-4-6-11-18)13-14-8-7-9-15(12-14)19-2/h7-9,12H,3-6,10-11,13,17H2,1-2H3. The van der Waals surface area contributed by atoms with Crippen LogP contribution in [0.5, 0.6) is 5.75 Å². The molecule has 2 rings (SSSR count). The van der Waals surface area contributed by atoms with Gasteiger partial charge in [-0.2, -0.15) is 0 Å². The molecule has 0 radical (unpaired) electrons. The number of ether oxygens (including phenoxy) is 1. The first kappa shape index (κ1) is 14.4. The summed E-state index contributed by atoms with van der Waals surface area (Å²) >= 11 is 0. The molecule has 0 bridgehead atoms. The van der Waals surface area contributed by atoms with Gasteiger partial charge in [0, 0.05) is 6.42 Å². The molecule has 1 aromatic carbocycles. The van der Waals surface area contributed by atoms with Crippen molar-refractivity contribution < 1.29 is 4.74 Å². The molecule has 106 valence electrons. The summed E-state index contributed by atoms with van der Waals surface area (Å²) in [7, 11) is 1.70. The summed E-state index contributed by atoms with van der Waals surface area (Å²) in [5.74, 6) is 0.907. The first-order valence-corrected chi connectivity index (χ1v) is 7.29. The van der Waals surface area contributed by atoms with E-state index in [-0.39, 0.29) is 5.66 Å². The zero-order valence-corrected chi connectivity index (χ0v) is 12.2. The second-order valence-electron chi connectivity index (χ2n) is 5.79. The fourth-order valence-corrected chi connectivity index (χ4v) is 2.89. The molecule has 0 saturated carbocycles. The molecule has 0 amide bonds. The van der Waals surface area contributed by atoms with Gasteiger partial charge in [0.25, 0.3) is 0 Å². The van der Waals surface area contributed by atoms with Crippen LogP contribution in [0.4, 0.5) is 0 Å². The van der Waals surface area contributed by atoms with Crippen molar-refractivity contribution in [3.05, 3.63) is 29.8 Å². The minimum atomic E-state index is -0.267. The van der Waals surface area contributed by atoms with Crippen LogP contribution in [0.2, 0.25) is 0 Å². The summed E-state index contributed by atoms with van der Waals surface area (Å²) in [4.78, 5) is 2.44. The third-order valence-corrected chi connectivity index (χ3v) is 4.02. The first-order valence-electron chi connectivity index (χ1n) is 7.29. The summed E-state index contributed by atoms with van der Waals surface area (Å²) in [5, 5.41) is 0. The molecule has 1 saturated heterocycles. The Bertz CT molecular complexity index is 395. The Kier molecular flexibility index (Phi) is 4.83. The first-order chi connectivity index (χ1) is 9.12. The van der Waals surface area contributed by atoms with E-state index in [1.165, 1.54) is 31.2 Å². The lowest BCUT2D eigenvalue weighted by Crippen LogP contribution is -2.55. The Hall–Kier alpha value is -1.06. The highest BCUT2D eigenvalue weighted by molar-refractivity contribution is 5.29. The van der Waals surface area contributed by atoms with E-state index in [2.05, 4.69) is 24.0 Å². The lowest BCUT2D eigenvalue weighted by atomic mass is 10.00. The molecule has 1 aliphatic rings. The molecule has 1 unspecified atom stereocenters. The van der Waals surface area contributed by atoms with Gasteiger partial charge in [-0.25, -0.2) is 0 Å². The van der Waals surface area contributed by atoms with Crippen LogP contribution in [0.3, 0.4) is 0 Å². The van der Waals surface area contributed by atoms with E-state index in [1.54, 1.807) is 7.11 Å². The quantitative estimate of drug-likeness (QED) is 0.907. The highest BCUT2D eigenvalue weighted by Crippen LogP contribution is 2.22. The largest absolute Gasteiger partial charge is 0.497 e. The van der Waals surface area contributed by atoms with Gasteiger partial charge in [-0.05, 0) is 50.6 Å². The van der Waals surface area contributed by atoms with Gasteiger partial charge in [0.05, 0.1) is 12.8 Å². The Labute approximate surface area is 116 Å². The highest BCUT2D eigenvalue weighted by Gasteiger charge is 2.28. The average Bonchev–Trinajstić information content (AvgIpc) is 2.68. The monoisotopic (exact) mass is 262 g/mol. The van der Waals surface area contributed by atoms with E-state index in [1.807, 2.05) is 12.1 Å². The molecule has 0 aromatic heterocycles. The SMILES string of the molecule is COc1cccc(CC(C)(N)N2CCCCCC2)c1. The van der Waals surface area contributed by atoms with Crippen LogP contribution in [0.1, 0.15) is 38.2 Å². The van der Waals surface area contributed by atoms with Crippen LogP contribution >= 0.6 is 0 Å². The van der Waals surface area contributed by atoms with Gasteiger partial charge in [-0.1, -0.05) is 25.0 Å². The van der Waals surface area contributed by atoms with Crippen molar-refractivity contribution in [2.75, 3.05) is 20.2 Å². The van der Waals surface area contributed by atoms with E-state index < -0.39 is 0 Å². The van der Waals surface area contributed by atoms with E-state index in [0.29, 0.717) is 0 Å². The smallest absolute Gasteiger partial charge is 0.119 e. The van der Waals surface area contributed by atoms with Crippen LogP contribution in [-0.4, -0.2) is 30.8 Å². The summed E-state index contributed by atoms with van der Waals surface area (Å²) in [5.41, 5.74) is 7.55. The minimum Gasteiger partial charge on any atom is -0.497 e. The Morgan fingerprint density at radius 3 is 2.53 bits per heavy atom. The second-order valence-corrected chi connectivity index (χ2v) is 5.79. The van der Waals surface area contributed by atoms with Crippen LogP contribution in [0.15, 0.2) is 24.3 Å². The number of hydrogen-bond acceptors (Lipinski definition) is 3. The zero-order chi connectivity index (χ0) is 13.7. The van der Waals surface area contributed by atoms with Gasteiger partial charge in [0.1, 0.15) is 5.75 Å². The number of rotatable bonds is 4. The van der Waals surface area contributed by atoms with Gasteiger partial charge in [0.2, 0.25) is 0 Å². The Morgan fingerprint density at radius 1 is 1.21 bits per heavy atom. The molecule has 1 heterocycles. The molecule has 0 aliphatic carbocycles. The van der Waals surface area contributed by atoms with Crippen molar-refractivity contribution >= 4 is 0 Å². The number of likely N-dealkylation sites (tertiary alicyclic amines) is 1. The lowest BCUT2D eigenvalue weighted by molar-refractivity contribution is 0.113. The van der Waals surface area contributed by atoms with Gasteiger partial charge >= 0.3 is 0 Å². The van der Waals surface area contributed by atoms with E-state index >= 15 is 0 Å². The molecule has 2 N–H and O–H groups in total. The van der Waals surface area contributed by atoms with Gasteiger partial charge in [-0.3, -0.25) is 4.90 Å². The van der Waals surface area contributed by atoms with Crippen molar-refractivity contribution in [1.82, 2.24) is 4.90 Å². The summed E-state index contributed by atoms with van der Waals surface area (Å²) in [6, 6.07) is 8.23. The fourth-order valence-electron chi connectivity index (χ4n) is 2.89.